The van der Waals surface area contributed by atoms with Gasteiger partial charge in [0.05, 0.1) is 0 Å². The van der Waals surface area contributed by atoms with Gasteiger partial charge in [0.2, 0.25) is 5.95 Å². The van der Waals surface area contributed by atoms with Gasteiger partial charge in [-0.25, -0.2) is 9.97 Å². The molecule has 94 valence electrons. The Hall–Kier alpha value is -1.16. The van der Waals surface area contributed by atoms with E-state index in [0.29, 0.717) is 5.92 Å². The molecule has 1 saturated heterocycles. The predicted octanol–water partition coefficient (Wildman–Crippen LogP) is 1.38. The minimum atomic E-state index is 0.244. The molecule has 1 fully saturated rings. The highest BCUT2D eigenvalue weighted by atomic mass is 15.3. The van der Waals surface area contributed by atoms with Gasteiger partial charge in [-0.1, -0.05) is 20.8 Å². The molecule has 0 aliphatic carbocycles. The van der Waals surface area contributed by atoms with Crippen LogP contribution in [0.15, 0.2) is 6.07 Å². The van der Waals surface area contributed by atoms with Crippen molar-refractivity contribution in [2.24, 2.45) is 11.7 Å². The smallest absolute Gasteiger partial charge is 0.225 e. The van der Waals surface area contributed by atoms with Gasteiger partial charge in [-0.15, -0.1) is 0 Å². The number of aryl methyl sites for hydroxylation is 2. The highest BCUT2D eigenvalue weighted by molar-refractivity contribution is 5.35. The molecule has 0 amide bonds. The number of anilines is 1. The largest absolute Gasteiger partial charge is 0.339 e. The van der Waals surface area contributed by atoms with Crippen LogP contribution in [0.25, 0.3) is 0 Å². The molecule has 4 nitrogen and oxygen atoms in total. The van der Waals surface area contributed by atoms with E-state index in [0.717, 1.165) is 43.3 Å². The van der Waals surface area contributed by atoms with E-state index in [1.165, 1.54) is 0 Å². The fourth-order valence-corrected chi connectivity index (χ4v) is 2.20. The van der Waals surface area contributed by atoms with Crippen molar-refractivity contribution in [3.63, 3.8) is 0 Å². The van der Waals surface area contributed by atoms with Crippen molar-refractivity contribution in [2.75, 3.05) is 18.0 Å². The molecule has 0 saturated carbocycles. The first-order valence-corrected chi connectivity index (χ1v) is 6.51. The van der Waals surface area contributed by atoms with Crippen LogP contribution in [-0.4, -0.2) is 29.1 Å². The van der Waals surface area contributed by atoms with Crippen molar-refractivity contribution >= 4 is 5.95 Å². The summed E-state index contributed by atoms with van der Waals surface area (Å²) in [6.07, 6.45) is 1.91. The minimum Gasteiger partial charge on any atom is -0.339 e. The Morgan fingerprint density at radius 3 is 2.24 bits per heavy atom. The number of hydrogen-bond donors (Lipinski definition) is 1. The molecule has 17 heavy (non-hydrogen) atoms. The van der Waals surface area contributed by atoms with Gasteiger partial charge >= 0.3 is 0 Å². The highest BCUT2D eigenvalue weighted by Crippen LogP contribution is 2.20. The molecule has 1 aromatic heterocycles. The van der Waals surface area contributed by atoms with Gasteiger partial charge in [0.1, 0.15) is 0 Å². The molecule has 2 heterocycles. The van der Waals surface area contributed by atoms with Gasteiger partial charge in [0.25, 0.3) is 0 Å². The summed E-state index contributed by atoms with van der Waals surface area (Å²) in [6.45, 7) is 8.29. The van der Waals surface area contributed by atoms with Gasteiger partial charge in [-0.05, 0) is 24.8 Å². The van der Waals surface area contributed by atoms with Crippen LogP contribution < -0.4 is 10.6 Å². The summed E-state index contributed by atoms with van der Waals surface area (Å²) >= 11 is 0. The molecule has 2 rings (SSSR count). The molecule has 0 spiro atoms. The van der Waals surface area contributed by atoms with Gasteiger partial charge < -0.3 is 10.6 Å². The maximum Gasteiger partial charge on any atom is 0.225 e. The van der Waals surface area contributed by atoms with Gasteiger partial charge in [-0.2, -0.15) is 0 Å². The molecule has 0 radical (unpaired) electrons. The van der Waals surface area contributed by atoms with E-state index >= 15 is 0 Å². The van der Waals surface area contributed by atoms with Crippen molar-refractivity contribution in [1.82, 2.24) is 9.97 Å². The lowest BCUT2D eigenvalue weighted by molar-refractivity contribution is 0.565. The highest BCUT2D eigenvalue weighted by Gasteiger charge is 2.28. The lowest BCUT2D eigenvalue weighted by atomic mass is 10.1. The van der Waals surface area contributed by atoms with Crippen LogP contribution in [0.1, 0.15) is 32.2 Å². The van der Waals surface area contributed by atoms with Crippen molar-refractivity contribution in [3.8, 4) is 0 Å². The van der Waals surface area contributed by atoms with Crippen LogP contribution in [0.4, 0.5) is 5.95 Å². The van der Waals surface area contributed by atoms with Crippen LogP contribution >= 0.6 is 0 Å². The number of hydrogen-bond acceptors (Lipinski definition) is 4. The molecule has 2 atom stereocenters. The fraction of sp³-hybridized carbons (Fsp3) is 0.692. The molecule has 1 aliphatic heterocycles. The Balaban J connectivity index is 2.26. The van der Waals surface area contributed by atoms with Crippen molar-refractivity contribution < 1.29 is 0 Å². The first kappa shape index (κ1) is 12.3. The molecule has 1 aliphatic rings. The number of nitrogens with zero attached hydrogens (tertiary/aromatic N) is 3. The van der Waals surface area contributed by atoms with E-state index < -0.39 is 0 Å². The SMILES string of the molecule is CCc1cc(CC)nc(N2CC(C)C(N)C2)n1. The minimum absolute atomic E-state index is 0.244. The Morgan fingerprint density at radius 2 is 1.82 bits per heavy atom. The van der Waals surface area contributed by atoms with Gasteiger partial charge in [0.15, 0.2) is 0 Å². The fourth-order valence-electron chi connectivity index (χ4n) is 2.20. The van der Waals surface area contributed by atoms with Crippen LogP contribution in [0.3, 0.4) is 0 Å². The van der Waals surface area contributed by atoms with E-state index in [1.807, 2.05) is 0 Å². The monoisotopic (exact) mass is 234 g/mol. The second-order valence-electron chi connectivity index (χ2n) is 4.90. The first-order valence-electron chi connectivity index (χ1n) is 6.51. The summed E-state index contributed by atoms with van der Waals surface area (Å²) in [6, 6.07) is 2.34. The normalized spacial score (nSPS) is 24.4. The lowest BCUT2D eigenvalue weighted by Crippen LogP contribution is -2.29. The summed E-state index contributed by atoms with van der Waals surface area (Å²) < 4.78 is 0. The van der Waals surface area contributed by atoms with Crippen molar-refractivity contribution in [2.45, 2.75) is 39.7 Å². The maximum atomic E-state index is 6.05. The third-order valence-electron chi connectivity index (χ3n) is 3.50. The standard InChI is InChI=1S/C13H22N4/c1-4-10-6-11(5-2)16-13(15-10)17-7-9(3)12(14)8-17/h6,9,12H,4-5,7-8,14H2,1-3H3. The third kappa shape index (κ3) is 2.57. The summed E-state index contributed by atoms with van der Waals surface area (Å²) in [5.41, 5.74) is 8.30. The number of aromatic nitrogens is 2. The molecular weight excluding hydrogens is 212 g/mol. The predicted molar refractivity (Wildman–Crippen MR) is 70.1 cm³/mol. The maximum absolute atomic E-state index is 6.05. The Labute approximate surface area is 103 Å². The summed E-state index contributed by atoms with van der Waals surface area (Å²) in [4.78, 5) is 11.4. The van der Waals surface area contributed by atoms with Crippen molar-refractivity contribution in [3.05, 3.63) is 17.5 Å². The molecule has 0 aromatic carbocycles. The van der Waals surface area contributed by atoms with Crippen LogP contribution in [0.5, 0.6) is 0 Å². The Kier molecular flexibility index (Phi) is 3.62. The molecule has 4 heteroatoms. The zero-order valence-corrected chi connectivity index (χ0v) is 11.0. The number of nitrogens with two attached hydrogens (primary N) is 1. The van der Waals surface area contributed by atoms with E-state index in [1.54, 1.807) is 0 Å². The second-order valence-corrected chi connectivity index (χ2v) is 4.90. The van der Waals surface area contributed by atoms with E-state index in [9.17, 15) is 0 Å². The van der Waals surface area contributed by atoms with E-state index in [4.69, 9.17) is 5.73 Å². The molecule has 2 unspecified atom stereocenters. The van der Waals surface area contributed by atoms with Crippen LogP contribution in [0.2, 0.25) is 0 Å². The van der Waals surface area contributed by atoms with Crippen molar-refractivity contribution in [1.29, 1.82) is 0 Å². The van der Waals surface area contributed by atoms with Gasteiger partial charge in [0, 0.05) is 30.5 Å². The van der Waals surface area contributed by atoms with Crippen LogP contribution in [0, 0.1) is 5.92 Å². The van der Waals surface area contributed by atoms with Gasteiger partial charge in [-0.3, -0.25) is 0 Å². The molecule has 2 N–H and O–H groups in total. The van der Waals surface area contributed by atoms with Crippen LogP contribution in [-0.2, 0) is 12.8 Å². The molecular formula is C13H22N4. The first-order chi connectivity index (χ1) is 8.13. The molecule has 1 aromatic rings. The molecule has 0 bridgehead atoms. The lowest BCUT2D eigenvalue weighted by Gasteiger charge is -2.17. The second kappa shape index (κ2) is 5.00. The quantitative estimate of drug-likeness (QED) is 0.858. The summed E-state index contributed by atoms with van der Waals surface area (Å²) in [7, 11) is 0. The average molecular weight is 234 g/mol. The zero-order valence-electron chi connectivity index (χ0n) is 11.0. The topological polar surface area (TPSA) is 55.0 Å². The third-order valence-corrected chi connectivity index (χ3v) is 3.50. The number of rotatable bonds is 3. The Morgan fingerprint density at radius 1 is 1.24 bits per heavy atom. The summed E-state index contributed by atoms with van der Waals surface area (Å²) in [5.74, 6) is 1.38. The Bertz CT molecular complexity index is 359. The summed E-state index contributed by atoms with van der Waals surface area (Å²) in [5, 5.41) is 0. The zero-order chi connectivity index (χ0) is 12.4. The van der Waals surface area contributed by atoms with E-state index in [2.05, 4.69) is 41.7 Å². The van der Waals surface area contributed by atoms with E-state index in [-0.39, 0.29) is 6.04 Å². The average Bonchev–Trinajstić information content (AvgIpc) is 2.69.